The SMILES string of the molecule is c1ccc(-c2nn(-c3ccccc3)c(-c3ccco3)c2C2=NCCCN2)cc1. The van der Waals surface area contributed by atoms with Gasteiger partial charge in [-0.2, -0.15) is 5.10 Å². The lowest BCUT2D eigenvalue weighted by Gasteiger charge is -2.16. The molecule has 0 fully saturated rings. The Morgan fingerprint density at radius 3 is 2.36 bits per heavy atom. The lowest BCUT2D eigenvalue weighted by atomic mass is 10.0. The number of aromatic nitrogens is 2. The maximum Gasteiger partial charge on any atom is 0.153 e. The van der Waals surface area contributed by atoms with Crippen molar-refractivity contribution in [1.29, 1.82) is 0 Å². The Balaban J connectivity index is 1.84. The van der Waals surface area contributed by atoms with E-state index in [-0.39, 0.29) is 0 Å². The number of nitrogens with one attached hydrogen (secondary N) is 1. The smallest absolute Gasteiger partial charge is 0.153 e. The topological polar surface area (TPSA) is 55.4 Å². The average Bonchev–Trinajstić information content (AvgIpc) is 3.43. The predicted octanol–water partition coefficient (Wildman–Crippen LogP) is 4.54. The van der Waals surface area contributed by atoms with Crippen LogP contribution in [0.4, 0.5) is 0 Å². The highest BCUT2D eigenvalue weighted by Gasteiger charge is 2.27. The van der Waals surface area contributed by atoms with E-state index in [1.54, 1.807) is 6.26 Å². The average molecular weight is 368 g/mol. The summed E-state index contributed by atoms with van der Waals surface area (Å²) in [6, 6.07) is 24.2. The number of nitrogens with zero attached hydrogens (tertiary/aromatic N) is 3. The summed E-state index contributed by atoms with van der Waals surface area (Å²) in [5.41, 5.74) is 4.81. The second kappa shape index (κ2) is 7.19. The lowest BCUT2D eigenvalue weighted by Crippen LogP contribution is -2.30. The number of furan rings is 1. The van der Waals surface area contributed by atoms with Crippen LogP contribution in [0.5, 0.6) is 0 Å². The predicted molar refractivity (Wildman–Crippen MR) is 111 cm³/mol. The van der Waals surface area contributed by atoms with Crippen LogP contribution in [-0.2, 0) is 0 Å². The van der Waals surface area contributed by atoms with Gasteiger partial charge in [-0.25, -0.2) is 4.68 Å². The summed E-state index contributed by atoms with van der Waals surface area (Å²) in [5, 5.41) is 8.49. The monoisotopic (exact) mass is 368 g/mol. The minimum atomic E-state index is 0.767. The Hall–Kier alpha value is -3.60. The molecule has 1 aliphatic heterocycles. The van der Waals surface area contributed by atoms with E-state index >= 15 is 0 Å². The van der Waals surface area contributed by atoms with Gasteiger partial charge in [0.2, 0.25) is 0 Å². The van der Waals surface area contributed by atoms with E-state index in [9.17, 15) is 0 Å². The van der Waals surface area contributed by atoms with E-state index < -0.39 is 0 Å². The summed E-state index contributed by atoms with van der Waals surface area (Å²) in [6.07, 6.45) is 2.73. The van der Waals surface area contributed by atoms with Crippen LogP contribution < -0.4 is 5.32 Å². The molecular weight excluding hydrogens is 348 g/mol. The molecule has 0 spiro atoms. The molecule has 2 aromatic heterocycles. The molecule has 0 unspecified atom stereocenters. The largest absolute Gasteiger partial charge is 0.463 e. The van der Waals surface area contributed by atoms with Crippen molar-refractivity contribution in [1.82, 2.24) is 15.1 Å². The molecular formula is C23H20N4O. The van der Waals surface area contributed by atoms with Gasteiger partial charge in [-0.1, -0.05) is 48.5 Å². The zero-order valence-corrected chi connectivity index (χ0v) is 15.4. The highest BCUT2D eigenvalue weighted by molar-refractivity contribution is 6.08. The summed E-state index contributed by atoms with van der Waals surface area (Å²) in [6.45, 7) is 1.71. The Bertz CT molecular complexity index is 1100. The van der Waals surface area contributed by atoms with Crippen molar-refractivity contribution in [3.63, 3.8) is 0 Å². The third kappa shape index (κ3) is 2.91. The summed E-state index contributed by atoms with van der Waals surface area (Å²) < 4.78 is 7.77. The van der Waals surface area contributed by atoms with Crippen molar-refractivity contribution in [3.8, 4) is 28.4 Å². The molecule has 5 heteroatoms. The molecule has 28 heavy (non-hydrogen) atoms. The molecule has 0 bridgehead atoms. The molecule has 5 nitrogen and oxygen atoms in total. The van der Waals surface area contributed by atoms with Crippen LogP contribution >= 0.6 is 0 Å². The summed E-state index contributed by atoms with van der Waals surface area (Å²) in [5.74, 6) is 1.64. The lowest BCUT2D eigenvalue weighted by molar-refractivity contribution is 0.576. The number of para-hydroxylation sites is 1. The van der Waals surface area contributed by atoms with Crippen LogP contribution in [0.2, 0.25) is 0 Å². The third-order valence-corrected chi connectivity index (χ3v) is 4.82. The van der Waals surface area contributed by atoms with E-state index in [0.29, 0.717) is 0 Å². The number of hydrogen-bond donors (Lipinski definition) is 1. The fraction of sp³-hybridized carbons (Fsp3) is 0.130. The highest BCUT2D eigenvalue weighted by atomic mass is 16.3. The number of aliphatic imine (C=N–C) groups is 1. The second-order valence-electron chi connectivity index (χ2n) is 6.67. The molecule has 4 aromatic rings. The Kier molecular flexibility index (Phi) is 4.26. The van der Waals surface area contributed by atoms with Gasteiger partial charge in [0.15, 0.2) is 5.76 Å². The quantitative estimate of drug-likeness (QED) is 0.575. The van der Waals surface area contributed by atoms with Gasteiger partial charge in [-0.15, -0.1) is 0 Å². The summed E-state index contributed by atoms with van der Waals surface area (Å²) in [4.78, 5) is 4.77. The maximum atomic E-state index is 5.82. The van der Waals surface area contributed by atoms with Gasteiger partial charge in [0.1, 0.15) is 17.2 Å². The number of rotatable bonds is 4. The van der Waals surface area contributed by atoms with Gasteiger partial charge in [0.05, 0.1) is 17.5 Å². The first-order chi connectivity index (χ1) is 13.9. The number of amidine groups is 1. The van der Waals surface area contributed by atoms with Gasteiger partial charge in [0.25, 0.3) is 0 Å². The van der Waals surface area contributed by atoms with E-state index in [1.807, 2.05) is 65.3 Å². The maximum absolute atomic E-state index is 5.82. The number of hydrogen-bond acceptors (Lipinski definition) is 4. The molecule has 5 rings (SSSR count). The summed E-state index contributed by atoms with van der Waals surface area (Å²) >= 11 is 0. The molecule has 0 saturated heterocycles. The Labute approximate surface area is 163 Å². The van der Waals surface area contributed by atoms with Crippen LogP contribution in [0.1, 0.15) is 12.0 Å². The molecule has 0 amide bonds. The molecule has 0 aliphatic carbocycles. The number of benzene rings is 2. The Morgan fingerprint density at radius 1 is 0.893 bits per heavy atom. The minimum Gasteiger partial charge on any atom is -0.463 e. The minimum absolute atomic E-state index is 0.767. The highest BCUT2D eigenvalue weighted by Crippen LogP contribution is 2.35. The first-order valence-corrected chi connectivity index (χ1v) is 9.48. The van der Waals surface area contributed by atoms with E-state index in [2.05, 4.69) is 17.4 Å². The molecule has 138 valence electrons. The molecule has 0 atom stereocenters. The van der Waals surface area contributed by atoms with Gasteiger partial charge in [-0.05, 0) is 30.7 Å². The summed E-state index contributed by atoms with van der Waals surface area (Å²) in [7, 11) is 0. The second-order valence-corrected chi connectivity index (χ2v) is 6.67. The zero-order chi connectivity index (χ0) is 18.8. The normalized spacial score (nSPS) is 13.8. The fourth-order valence-corrected chi connectivity index (χ4v) is 3.54. The molecule has 1 N–H and O–H groups in total. The third-order valence-electron chi connectivity index (χ3n) is 4.82. The van der Waals surface area contributed by atoms with Crippen LogP contribution in [0.15, 0.2) is 88.5 Å². The molecule has 0 radical (unpaired) electrons. The van der Waals surface area contributed by atoms with E-state index in [0.717, 1.165) is 59.3 Å². The van der Waals surface area contributed by atoms with Crippen LogP contribution in [0, 0.1) is 0 Å². The van der Waals surface area contributed by atoms with Crippen LogP contribution in [0.3, 0.4) is 0 Å². The first-order valence-electron chi connectivity index (χ1n) is 9.48. The van der Waals surface area contributed by atoms with Crippen LogP contribution in [-0.4, -0.2) is 28.7 Å². The molecule has 3 heterocycles. The standard InChI is InChI=1S/C23H20N4O/c1-3-9-17(10-4-1)21-20(23-24-14-8-15-25-23)22(19-13-7-16-28-19)27(26-21)18-11-5-2-6-12-18/h1-7,9-13,16H,8,14-15H2,(H,24,25). The van der Waals surface area contributed by atoms with Gasteiger partial charge >= 0.3 is 0 Å². The van der Waals surface area contributed by atoms with Crippen molar-refractivity contribution in [2.24, 2.45) is 4.99 Å². The van der Waals surface area contributed by atoms with E-state index in [1.165, 1.54) is 0 Å². The van der Waals surface area contributed by atoms with Crippen molar-refractivity contribution in [2.45, 2.75) is 6.42 Å². The van der Waals surface area contributed by atoms with Crippen molar-refractivity contribution < 1.29 is 4.42 Å². The molecule has 2 aromatic carbocycles. The Morgan fingerprint density at radius 2 is 1.68 bits per heavy atom. The zero-order valence-electron chi connectivity index (χ0n) is 15.4. The van der Waals surface area contributed by atoms with Crippen molar-refractivity contribution >= 4 is 5.84 Å². The van der Waals surface area contributed by atoms with Gasteiger partial charge in [0, 0.05) is 18.7 Å². The van der Waals surface area contributed by atoms with E-state index in [4.69, 9.17) is 14.5 Å². The van der Waals surface area contributed by atoms with Crippen LogP contribution in [0.25, 0.3) is 28.4 Å². The van der Waals surface area contributed by atoms with Crippen molar-refractivity contribution in [2.75, 3.05) is 13.1 Å². The molecule has 0 saturated carbocycles. The molecule has 1 aliphatic rings. The first kappa shape index (κ1) is 16.6. The van der Waals surface area contributed by atoms with Gasteiger partial charge < -0.3 is 9.73 Å². The van der Waals surface area contributed by atoms with Crippen molar-refractivity contribution in [3.05, 3.63) is 84.6 Å². The fourth-order valence-electron chi connectivity index (χ4n) is 3.54. The van der Waals surface area contributed by atoms with Gasteiger partial charge in [-0.3, -0.25) is 4.99 Å².